The van der Waals surface area contributed by atoms with Gasteiger partial charge in [0.2, 0.25) is 0 Å². The maximum atomic E-state index is 5.55. The first-order valence-corrected chi connectivity index (χ1v) is 6.87. The average Bonchev–Trinajstić information content (AvgIpc) is 2.82. The first kappa shape index (κ1) is 12.0. The second kappa shape index (κ2) is 5.25. The lowest BCUT2D eigenvalue weighted by Crippen LogP contribution is -2.13. The summed E-state index contributed by atoms with van der Waals surface area (Å²) in [5.74, 6) is 0.667. The number of aryl methyl sites for hydroxylation is 2. The molecule has 1 saturated heterocycles. The van der Waals surface area contributed by atoms with Crippen molar-refractivity contribution in [1.29, 1.82) is 0 Å². The number of thiazole rings is 1. The van der Waals surface area contributed by atoms with Crippen LogP contribution in [0.2, 0.25) is 0 Å². The van der Waals surface area contributed by atoms with E-state index in [9.17, 15) is 0 Å². The standard InChI is InChI=1S/C12H21N3S/c1-9-11(4-3-6-13)16-12(14-9)10-5-7-15(2)8-10/h10H,3-8,13H2,1-2H3. The second-order valence-electron chi connectivity index (χ2n) is 4.70. The van der Waals surface area contributed by atoms with Crippen molar-refractivity contribution in [1.82, 2.24) is 9.88 Å². The third-order valence-electron chi connectivity index (χ3n) is 3.26. The summed E-state index contributed by atoms with van der Waals surface area (Å²) in [4.78, 5) is 8.56. The Morgan fingerprint density at radius 3 is 3.00 bits per heavy atom. The second-order valence-corrected chi connectivity index (χ2v) is 5.82. The highest BCUT2D eigenvalue weighted by Crippen LogP contribution is 2.31. The fourth-order valence-corrected chi connectivity index (χ4v) is 3.49. The van der Waals surface area contributed by atoms with E-state index in [0.717, 1.165) is 19.4 Å². The number of nitrogens with two attached hydrogens (primary N) is 1. The summed E-state index contributed by atoms with van der Waals surface area (Å²) in [6.07, 6.45) is 3.44. The summed E-state index contributed by atoms with van der Waals surface area (Å²) in [6.45, 7) is 5.29. The summed E-state index contributed by atoms with van der Waals surface area (Å²) in [5.41, 5.74) is 6.78. The van der Waals surface area contributed by atoms with Gasteiger partial charge in [-0.25, -0.2) is 4.98 Å². The number of likely N-dealkylation sites (tertiary alicyclic amines) is 1. The monoisotopic (exact) mass is 239 g/mol. The molecule has 3 nitrogen and oxygen atoms in total. The number of hydrogen-bond acceptors (Lipinski definition) is 4. The van der Waals surface area contributed by atoms with Crippen LogP contribution in [-0.4, -0.2) is 36.6 Å². The van der Waals surface area contributed by atoms with E-state index in [1.807, 2.05) is 11.3 Å². The van der Waals surface area contributed by atoms with Crippen LogP contribution in [0.5, 0.6) is 0 Å². The largest absolute Gasteiger partial charge is 0.330 e. The molecule has 90 valence electrons. The van der Waals surface area contributed by atoms with Crippen molar-refractivity contribution >= 4 is 11.3 Å². The van der Waals surface area contributed by atoms with Crippen LogP contribution in [0.3, 0.4) is 0 Å². The molecule has 0 bridgehead atoms. The van der Waals surface area contributed by atoms with E-state index < -0.39 is 0 Å². The average molecular weight is 239 g/mol. The van der Waals surface area contributed by atoms with E-state index in [-0.39, 0.29) is 0 Å². The summed E-state index contributed by atoms with van der Waals surface area (Å²) in [7, 11) is 2.19. The van der Waals surface area contributed by atoms with Crippen LogP contribution in [0.1, 0.15) is 34.3 Å². The van der Waals surface area contributed by atoms with Crippen molar-refractivity contribution in [2.75, 3.05) is 26.7 Å². The van der Waals surface area contributed by atoms with E-state index in [1.54, 1.807) is 0 Å². The predicted octanol–water partition coefficient (Wildman–Crippen LogP) is 1.76. The van der Waals surface area contributed by atoms with Crippen LogP contribution in [0, 0.1) is 6.92 Å². The zero-order valence-electron chi connectivity index (χ0n) is 10.2. The van der Waals surface area contributed by atoms with Gasteiger partial charge < -0.3 is 10.6 Å². The van der Waals surface area contributed by atoms with Gasteiger partial charge in [-0.15, -0.1) is 11.3 Å². The predicted molar refractivity (Wildman–Crippen MR) is 69.1 cm³/mol. The zero-order chi connectivity index (χ0) is 11.5. The number of aromatic nitrogens is 1. The van der Waals surface area contributed by atoms with Crippen LogP contribution in [0.15, 0.2) is 0 Å². The zero-order valence-corrected chi connectivity index (χ0v) is 11.0. The van der Waals surface area contributed by atoms with Crippen molar-refractivity contribution in [3.05, 3.63) is 15.6 Å². The van der Waals surface area contributed by atoms with Gasteiger partial charge >= 0.3 is 0 Å². The molecule has 4 heteroatoms. The Hall–Kier alpha value is -0.450. The van der Waals surface area contributed by atoms with E-state index >= 15 is 0 Å². The summed E-state index contributed by atoms with van der Waals surface area (Å²) in [5, 5.41) is 1.34. The molecule has 1 aliphatic rings. The lowest BCUT2D eigenvalue weighted by Gasteiger charge is -2.06. The van der Waals surface area contributed by atoms with Crippen LogP contribution in [-0.2, 0) is 6.42 Å². The van der Waals surface area contributed by atoms with Gasteiger partial charge in [-0.3, -0.25) is 0 Å². The SMILES string of the molecule is Cc1nc(C2CCN(C)C2)sc1CCCN. The third-order valence-corrected chi connectivity index (χ3v) is 4.64. The first-order valence-electron chi connectivity index (χ1n) is 6.05. The third kappa shape index (κ3) is 2.62. The van der Waals surface area contributed by atoms with Gasteiger partial charge in [-0.1, -0.05) is 0 Å². The van der Waals surface area contributed by atoms with E-state index in [2.05, 4.69) is 18.9 Å². The minimum absolute atomic E-state index is 0.667. The molecule has 0 spiro atoms. The van der Waals surface area contributed by atoms with Crippen LogP contribution >= 0.6 is 11.3 Å². The molecule has 1 atom stereocenters. The number of hydrogen-bond donors (Lipinski definition) is 1. The Morgan fingerprint density at radius 1 is 1.56 bits per heavy atom. The van der Waals surface area contributed by atoms with Crippen molar-refractivity contribution in [3.63, 3.8) is 0 Å². The Labute approximate surface area is 102 Å². The van der Waals surface area contributed by atoms with E-state index in [4.69, 9.17) is 10.7 Å². The first-order chi connectivity index (χ1) is 7.70. The van der Waals surface area contributed by atoms with Crippen LogP contribution < -0.4 is 5.73 Å². The lowest BCUT2D eigenvalue weighted by molar-refractivity contribution is 0.411. The van der Waals surface area contributed by atoms with Gasteiger partial charge in [-0.2, -0.15) is 0 Å². The molecule has 2 heterocycles. The Bertz CT molecular complexity index is 348. The van der Waals surface area contributed by atoms with Crippen molar-refractivity contribution in [2.45, 2.75) is 32.1 Å². The molecule has 0 radical (unpaired) electrons. The summed E-state index contributed by atoms with van der Waals surface area (Å²) in [6, 6.07) is 0. The molecule has 2 rings (SSSR count). The fourth-order valence-electron chi connectivity index (χ4n) is 2.26. The number of likely N-dealkylation sites (N-methyl/N-ethyl adjacent to an activating group) is 1. The van der Waals surface area contributed by atoms with Crippen molar-refractivity contribution in [3.8, 4) is 0 Å². The Kier molecular flexibility index (Phi) is 3.95. The number of rotatable bonds is 4. The number of nitrogens with zero attached hydrogens (tertiary/aromatic N) is 2. The fraction of sp³-hybridized carbons (Fsp3) is 0.750. The van der Waals surface area contributed by atoms with Gasteiger partial charge in [0.05, 0.1) is 10.7 Å². The molecule has 0 aromatic carbocycles. The molecule has 1 fully saturated rings. The minimum Gasteiger partial charge on any atom is -0.330 e. The molecule has 2 N–H and O–H groups in total. The highest BCUT2D eigenvalue weighted by Gasteiger charge is 2.24. The molecule has 1 unspecified atom stereocenters. The maximum absolute atomic E-state index is 5.55. The van der Waals surface area contributed by atoms with Crippen molar-refractivity contribution < 1.29 is 0 Å². The smallest absolute Gasteiger partial charge is 0.0975 e. The molecule has 0 saturated carbocycles. The molecular weight excluding hydrogens is 218 g/mol. The van der Waals surface area contributed by atoms with Crippen LogP contribution in [0.4, 0.5) is 0 Å². The Balaban J connectivity index is 2.05. The maximum Gasteiger partial charge on any atom is 0.0975 e. The van der Waals surface area contributed by atoms with Gasteiger partial charge in [-0.05, 0) is 46.3 Å². The molecule has 0 amide bonds. The highest BCUT2D eigenvalue weighted by molar-refractivity contribution is 7.11. The summed E-state index contributed by atoms with van der Waals surface area (Å²) >= 11 is 1.91. The minimum atomic E-state index is 0.667. The Morgan fingerprint density at radius 2 is 2.38 bits per heavy atom. The molecule has 0 aliphatic carbocycles. The van der Waals surface area contributed by atoms with Crippen molar-refractivity contribution in [2.24, 2.45) is 5.73 Å². The van der Waals surface area contributed by atoms with Gasteiger partial charge in [0, 0.05) is 17.3 Å². The van der Waals surface area contributed by atoms with Gasteiger partial charge in [0.25, 0.3) is 0 Å². The molecule has 1 aliphatic heterocycles. The van der Waals surface area contributed by atoms with Gasteiger partial charge in [0.15, 0.2) is 0 Å². The highest BCUT2D eigenvalue weighted by atomic mass is 32.1. The van der Waals surface area contributed by atoms with E-state index in [1.165, 1.54) is 35.1 Å². The summed E-state index contributed by atoms with van der Waals surface area (Å²) < 4.78 is 0. The molecule has 1 aromatic rings. The lowest BCUT2D eigenvalue weighted by atomic mass is 10.1. The topological polar surface area (TPSA) is 42.2 Å². The molecule has 1 aromatic heterocycles. The molecule has 16 heavy (non-hydrogen) atoms. The normalized spacial score (nSPS) is 21.8. The van der Waals surface area contributed by atoms with Gasteiger partial charge in [0.1, 0.15) is 0 Å². The van der Waals surface area contributed by atoms with E-state index in [0.29, 0.717) is 5.92 Å². The molecular formula is C12H21N3S. The van der Waals surface area contributed by atoms with Crippen LogP contribution in [0.25, 0.3) is 0 Å². The quantitative estimate of drug-likeness (QED) is 0.870.